The molecule has 0 bridgehead atoms. The minimum absolute atomic E-state index is 0.0230. The molecule has 0 spiro atoms. The van der Waals surface area contributed by atoms with Crippen LogP contribution in [0, 0.1) is 0 Å². The molecule has 7 nitrogen and oxygen atoms in total. The predicted octanol–water partition coefficient (Wildman–Crippen LogP) is 3.26. The summed E-state index contributed by atoms with van der Waals surface area (Å²) in [6.07, 6.45) is 1.59. The molecule has 0 aromatic heterocycles. The Labute approximate surface area is 177 Å². The number of carbonyl (C=O) groups excluding carboxylic acids is 1. The number of methoxy groups -OCH3 is 1. The Morgan fingerprint density at radius 3 is 2.57 bits per heavy atom. The van der Waals surface area contributed by atoms with Gasteiger partial charge in [0.15, 0.2) is 18.1 Å². The molecule has 7 heteroatoms. The fourth-order valence-corrected chi connectivity index (χ4v) is 3.29. The lowest BCUT2D eigenvalue weighted by molar-refractivity contribution is -0.147. The van der Waals surface area contributed by atoms with Gasteiger partial charge in [0.2, 0.25) is 0 Å². The summed E-state index contributed by atoms with van der Waals surface area (Å²) in [6, 6.07) is 15.4. The van der Waals surface area contributed by atoms with Crippen LogP contribution in [0.25, 0.3) is 0 Å². The lowest BCUT2D eigenvalue weighted by Crippen LogP contribution is -2.49. The molecule has 1 saturated heterocycles. The van der Waals surface area contributed by atoms with Crippen LogP contribution in [-0.4, -0.2) is 56.0 Å². The highest BCUT2D eigenvalue weighted by atomic mass is 16.6. The van der Waals surface area contributed by atoms with E-state index in [9.17, 15) is 4.79 Å². The number of ether oxygens (including phenoxy) is 3. The molecular weight excluding hydrogens is 384 g/mol. The number of oxime groups is 1. The van der Waals surface area contributed by atoms with Crippen molar-refractivity contribution in [3.63, 3.8) is 0 Å². The highest BCUT2D eigenvalue weighted by Gasteiger charge is 2.25. The number of morpholine rings is 1. The van der Waals surface area contributed by atoms with Crippen LogP contribution in [0.5, 0.6) is 11.5 Å². The van der Waals surface area contributed by atoms with Gasteiger partial charge in [0, 0.05) is 18.7 Å². The predicted molar refractivity (Wildman–Crippen MR) is 114 cm³/mol. The third-order valence-electron chi connectivity index (χ3n) is 4.66. The van der Waals surface area contributed by atoms with Gasteiger partial charge in [-0.3, -0.25) is 4.79 Å². The monoisotopic (exact) mass is 412 g/mol. The molecule has 0 saturated carbocycles. The van der Waals surface area contributed by atoms with Crippen LogP contribution in [-0.2, 0) is 21.0 Å². The second-order valence-corrected chi connectivity index (χ2v) is 7.25. The van der Waals surface area contributed by atoms with Crippen molar-refractivity contribution in [1.82, 2.24) is 4.90 Å². The van der Waals surface area contributed by atoms with E-state index in [2.05, 4.69) is 5.16 Å². The molecule has 1 aliphatic rings. The number of carbonyl (C=O) groups is 1. The second kappa shape index (κ2) is 10.6. The van der Waals surface area contributed by atoms with Gasteiger partial charge < -0.3 is 23.9 Å². The van der Waals surface area contributed by atoms with Crippen LogP contribution in [0.2, 0.25) is 0 Å². The van der Waals surface area contributed by atoms with Gasteiger partial charge in [-0.05, 0) is 37.6 Å². The first kappa shape index (κ1) is 21.6. The van der Waals surface area contributed by atoms with Gasteiger partial charge in [0.1, 0.15) is 6.61 Å². The van der Waals surface area contributed by atoms with E-state index in [-0.39, 0.29) is 24.7 Å². The molecule has 1 fully saturated rings. The average Bonchev–Trinajstić information content (AvgIpc) is 2.75. The Kier molecular flexibility index (Phi) is 7.68. The highest BCUT2D eigenvalue weighted by molar-refractivity contribution is 5.81. The first-order chi connectivity index (χ1) is 14.5. The van der Waals surface area contributed by atoms with Gasteiger partial charge in [-0.15, -0.1) is 0 Å². The molecule has 1 amide bonds. The van der Waals surface area contributed by atoms with Crippen molar-refractivity contribution in [2.75, 3.05) is 26.8 Å². The summed E-state index contributed by atoms with van der Waals surface area (Å²) in [5, 5.41) is 3.93. The van der Waals surface area contributed by atoms with Crippen LogP contribution >= 0.6 is 0 Å². The van der Waals surface area contributed by atoms with Crippen LogP contribution in [0.1, 0.15) is 25.0 Å². The van der Waals surface area contributed by atoms with Crippen molar-refractivity contribution in [3.8, 4) is 11.5 Å². The Morgan fingerprint density at radius 2 is 1.87 bits per heavy atom. The fraction of sp³-hybridized carbons (Fsp3) is 0.391. The first-order valence-corrected chi connectivity index (χ1v) is 9.98. The van der Waals surface area contributed by atoms with Crippen LogP contribution in [0.4, 0.5) is 0 Å². The molecule has 1 heterocycles. The third kappa shape index (κ3) is 6.22. The van der Waals surface area contributed by atoms with Crippen molar-refractivity contribution in [1.29, 1.82) is 0 Å². The smallest absolute Gasteiger partial charge is 0.263 e. The number of hydrogen-bond donors (Lipinski definition) is 0. The van der Waals surface area contributed by atoms with E-state index in [0.29, 0.717) is 31.2 Å². The SMILES string of the molecule is COc1ccc(/C=N\OCC(=O)N2C[C@@H](C)O[C@@H](C)C2)cc1OCc1ccccc1. The summed E-state index contributed by atoms with van der Waals surface area (Å²) in [4.78, 5) is 19.3. The van der Waals surface area contributed by atoms with Crippen LogP contribution < -0.4 is 9.47 Å². The minimum atomic E-state index is -0.108. The van der Waals surface area contributed by atoms with E-state index in [0.717, 1.165) is 11.1 Å². The van der Waals surface area contributed by atoms with Gasteiger partial charge in [-0.25, -0.2) is 0 Å². The zero-order valence-electron chi connectivity index (χ0n) is 17.6. The molecule has 0 radical (unpaired) electrons. The summed E-state index contributed by atoms with van der Waals surface area (Å²) < 4.78 is 16.9. The largest absolute Gasteiger partial charge is 0.493 e. The molecular formula is C23H28N2O5. The zero-order valence-corrected chi connectivity index (χ0v) is 17.6. The molecule has 2 aromatic carbocycles. The van der Waals surface area contributed by atoms with E-state index < -0.39 is 0 Å². The summed E-state index contributed by atoms with van der Waals surface area (Å²) >= 11 is 0. The Balaban J connectivity index is 1.54. The van der Waals surface area contributed by atoms with Crippen molar-refractivity contribution in [3.05, 3.63) is 59.7 Å². The molecule has 1 aliphatic heterocycles. The molecule has 2 atom stereocenters. The van der Waals surface area contributed by atoms with E-state index in [1.165, 1.54) is 0 Å². The maximum absolute atomic E-state index is 12.3. The van der Waals surface area contributed by atoms with Gasteiger partial charge in [-0.2, -0.15) is 0 Å². The van der Waals surface area contributed by atoms with Gasteiger partial charge in [0.25, 0.3) is 5.91 Å². The third-order valence-corrected chi connectivity index (χ3v) is 4.66. The van der Waals surface area contributed by atoms with E-state index in [1.807, 2.05) is 62.4 Å². The number of hydrogen-bond acceptors (Lipinski definition) is 6. The Hall–Kier alpha value is -3.06. The molecule has 3 rings (SSSR count). The van der Waals surface area contributed by atoms with Crippen LogP contribution in [0.15, 0.2) is 53.7 Å². The normalized spacial score (nSPS) is 19.0. The van der Waals surface area contributed by atoms with Crippen molar-refractivity contribution in [2.24, 2.45) is 5.16 Å². The van der Waals surface area contributed by atoms with Crippen LogP contribution in [0.3, 0.4) is 0 Å². The number of benzene rings is 2. The average molecular weight is 412 g/mol. The first-order valence-electron chi connectivity index (χ1n) is 9.98. The molecule has 0 N–H and O–H groups in total. The van der Waals surface area contributed by atoms with E-state index in [1.54, 1.807) is 18.2 Å². The van der Waals surface area contributed by atoms with Crippen molar-refractivity contribution >= 4 is 12.1 Å². The lowest BCUT2D eigenvalue weighted by Gasteiger charge is -2.34. The standard InChI is InChI=1S/C23H28N2O5/c1-17-13-25(14-18(2)30-17)23(26)16-29-24-12-20-9-10-21(27-3)22(11-20)28-15-19-7-5-4-6-8-19/h4-12,17-18H,13-16H2,1-3H3/b24-12-/t17-,18+. The highest BCUT2D eigenvalue weighted by Crippen LogP contribution is 2.28. The second-order valence-electron chi connectivity index (χ2n) is 7.25. The van der Waals surface area contributed by atoms with E-state index >= 15 is 0 Å². The maximum Gasteiger partial charge on any atom is 0.263 e. The molecule has 0 unspecified atom stereocenters. The quantitative estimate of drug-likeness (QED) is 0.492. The molecule has 160 valence electrons. The molecule has 30 heavy (non-hydrogen) atoms. The van der Waals surface area contributed by atoms with Gasteiger partial charge >= 0.3 is 0 Å². The Bertz CT molecular complexity index is 846. The van der Waals surface area contributed by atoms with Crippen molar-refractivity contribution < 1.29 is 23.8 Å². The summed E-state index contributed by atoms with van der Waals surface area (Å²) in [7, 11) is 1.60. The number of amides is 1. The minimum Gasteiger partial charge on any atom is -0.493 e. The Morgan fingerprint density at radius 1 is 1.13 bits per heavy atom. The maximum atomic E-state index is 12.3. The summed E-state index contributed by atoms with van der Waals surface area (Å²) in [6.45, 7) is 5.36. The van der Waals surface area contributed by atoms with E-state index in [4.69, 9.17) is 19.0 Å². The fourth-order valence-electron chi connectivity index (χ4n) is 3.29. The molecule has 2 aromatic rings. The lowest BCUT2D eigenvalue weighted by atomic mass is 10.2. The molecule has 0 aliphatic carbocycles. The summed E-state index contributed by atoms with van der Waals surface area (Å²) in [5.74, 6) is 1.14. The van der Waals surface area contributed by atoms with Gasteiger partial charge in [-0.1, -0.05) is 35.5 Å². The van der Waals surface area contributed by atoms with Crippen molar-refractivity contribution in [2.45, 2.75) is 32.7 Å². The number of rotatable bonds is 8. The van der Waals surface area contributed by atoms with Gasteiger partial charge in [0.05, 0.1) is 25.5 Å². The zero-order chi connectivity index (χ0) is 21.3. The number of nitrogens with zero attached hydrogens (tertiary/aromatic N) is 2. The topological polar surface area (TPSA) is 69.6 Å². The summed E-state index contributed by atoms with van der Waals surface area (Å²) in [5.41, 5.74) is 1.84.